The number of halogens is 2. The Morgan fingerprint density at radius 1 is 1.41 bits per heavy atom. The molecule has 0 radical (unpaired) electrons. The first-order valence-corrected chi connectivity index (χ1v) is 7.99. The molecule has 0 saturated carbocycles. The quantitative estimate of drug-likeness (QED) is 0.829. The first-order valence-electron chi connectivity index (χ1n) is 4.34. The lowest BCUT2D eigenvalue weighted by atomic mass is 10.2. The molecule has 5 nitrogen and oxygen atoms in total. The number of carboxylic acids is 1. The second-order valence-electron chi connectivity index (χ2n) is 3.37. The van der Waals surface area contributed by atoms with Crippen molar-refractivity contribution in [3.8, 4) is 0 Å². The minimum Gasteiger partial charge on any atom is -0.478 e. The van der Waals surface area contributed by atoms with Gasteiger partial charge in [0.25, 0.3) is 0 Å². The first-order chi connectivity index (χ1) is 7.70. The van der Waals surface area contributed by atoms with Crippen LogP contribution in [-0.2, 0) is 9.84 Å². The third-order valence-corrected chi connectivity index (χ3v) is 3.77. The molecule has 0 fully saturated rings. The van der Waals surface area contributed by atoms with E-state index in [0.717, 1.165) is 6.26 Å². The van der Waals surface area contributed by atoms with Crippen LogP contribution in [0.1, 0.15) is 10.4 Å². The molecule has 8 heteroatoms. The topological polar surface area (TPSA) is 83.5 Å². The summed E-state index contributed by atoms with van der Waals surface area (Å²) in [6.45, 7) is 0. The van der Waals surface area contributed by atoms with Crippen LogP contribution in [0.2, 0.25) is 0 Å². The Labute approximate surface area is 115 Å². The van der Waals surface area contributed by atoms with Gasteiger partial charge >= 0.3 is 5.97 Å². The Balaban J connectivity index is 3.12. The molecule has 0 aliphatic rings. The van der Waals surface area contributed by atoms with Crippen molar-refractivity contribution in [3.05, 3.63) is 26.6 Å². The highest BCUT2D eigenvalue weighted by Crippen LogP contribution is 2.30. The molecule has 0 spiro atoms. The molecule has 0 amide bonds. The number of rotatable bonds is 4. The van der Waals surface area contributed by atoms with Gasteiger partial charge in [-0.05, 0) is 28.1 Å². The van der Waals surface area contributed by atoms with Crippen LogP contribution in [0.3, 0.4) is 0 Å². The molecular formula is C9H9Br2NO4S. The third kappa shape index (κ3) is 4.29. The van der Waals surface area contributed by atoms with E-state index < -0.39 is 15.8 Å². The molecule has 2 N–H and O–H groups in total. The van der Waals surface area contributed by atoms with Gasteiger partial charge < -0.3 is 10.4 Å². The van der Waals surface area contributed by atoms with Gasteiger partial charge in [0, 0.05) is 10.7 Å². The predicted octanol–water partition coefficient (Wildman–Crippen LogP) is 2.32. The molecule has 0 unspecified atom stereocenters. The summed E-state index contributed by atoms with van der Waals surface area (Å²) in [6.07, 6.45) is 1.09. The summed E-state index contributed by atoms with van der Waals surface area (Å²) in [6, 6.07) is 3.03. The van der Waals surface area contributed by atoms with Crippen molar-refractivity contribution in [2.45, 2.75) is 0 Å². The van der Waals surface area contributed by atoms with Crippen molar-refractivity contribution in [2.24, 2.45) is 0 Å². The second kappa shape index (κ2) is 5.36. The van der Waals surface area contributed by atoms with E-state index in [0.29, 0.717) is 14.6 Å². The number of sulfone groups is 1. The minimum absolute atomic E-state index is 0.0513. The van der Waals surface area contributed by atoms with Gasteiger partial charge in [-0.25, -0.2) is 13.2 Å². The molecule has 1 aromatic rings. The smallest absolute Gasteiger partial charge is 0.336 e. The standard InChI is InChI=1S/C9H9Br2NO4S/c1-17(15,16)4-12-7-3-5(10)2-6(8(7)11)9(13)14/h2-3,12H,4H2,1H3,(H,13,14). The van der Waals surface area contributed by atoms with E-state index in [9.17, 15) is 13.2 Å². The normalized spacial score (nSPS) is 11.2. The summed E-state index contributed by atoms with van der Waals surface area (Å²) in [5, 5.41) is 11.6. The zero-order chi connectivity index (χ0) is 13.2. The van der Waals surface area contributed by atoms with E-state index in [1.165, 1.54) is 6.07 Å². The van der Waals surface area contributed by atoms with Gasteiger partial charge in [0.1, 0.15) is 5.88 Å². The Hall–Kier alpha value is -0.600. The van der Waals surface area contributed by atoms with Crippen molar-refractivity contribution in [3.63, 3.8) is 0 Å². The maximum absolute atomic E-state index is 11.0. The average molecular weight is 387 g/mol. The highest BCUT2D eigenvalue weighted by molar-refractivity contribution is 9.11. The molecule has 0 aromatic heterocycles. The third-order valence-electron chi connectivity index (χ3n) is 1.79. The van der Waals surface area contributed by atoms with Gasteiger partial charge in [-0.15, -0.1) is 0 Å². The largest absolute Gasteiger partial charge is 0.478 e. The van der Waals surface area contributed by atoms with Crippen LogP contribution in [0.15, 0.2) is 21.1 Å². The van der Waals surface area contributed by atoms with Crippen LogP contribution >= 0.6 is 31.9 Å². The SMILES string of the molecule is CS(=O)(=O)CNc1cc(Br)cc(C(=O)O)c1Br. The fourth-order valence-electron chi connectivity index (χ4n) is 1.08. The molecule has 0 bridgehead atoms. The number of benzene rings is 1. The minimum atomic E-state index is -3.18. The van der Waals surface area contributed by atoms with Crippen LogP contribution in [-0.4, -0.2) is 31.6 Å². The van der Waals surface area contributed by atoms with Gasteiger partial charge in [0.15, 0.2) is 9.84 Å². The number of hydrogen-bond acceptors (Lipinski definition) is 4. The van der Waals surface area contributed by atoms with Gasteiger partial charge in [-0.2, -0.15) is 0 Å². The Bertz CT molecular complexity index is 556. The molecule has 1 aromatic carbocycles. The lowest BCUT2D eigenvalue weighted by Crippen LogP contribution is -2.13. The molecule has 1 rings (SSSR count). The van der Waals surface area contributed by atoms with Crippen molar-refractivity contribution in [1.29, 1.82) is 0 Å². The molecule has 0 saturated heterocycles. The molecule has 0 heterocycles. The summed E-state index contributed by atoms with van der Waals surface area (Å²) >= 11 is 6.29. The van der Waals surface area contributed by atoms with Gasteiger partial charge in [-0.1, -0.05) is 15.9 Å². The number of anilines is 1. The molecule has 0 atom stereocenters. The van der Waals surface area contributed by atoms with Crippen LogP contribution < -0.4 is 5.32 Å². The zero-order valence-electron chi connectivity index (χ0n) is 8.70. The van der Waals surface area contributed by atoms with Crippen LogP contribution in [0.5, 0.6) is 0 Å². The van der Waals surface area contributed by atoms with Gasteiger partial charge in [0.2, 0.25) is 0 Å². The summed E-state index contributed by atoms with van der Waals surface area (Å²) in [7, 11) is -3.18. The zero-order valence-corrected chi connectivity index (χ0v) is 12.7. The molecule has 94 valence electrons. The number of carboxylic acid groups (broad SMARTS) is 1. The first kappa shape index (κ1) is 14.5. The van der Waals surface area contributed by atoms with E-state index in [1.54, 1.807) is 6.07 Å². The van der Waals surface area contributed by atoms with Gasteiger partial charge in [-0.3, -0.25) is 0 Å². The van der Waals surface area contributed by atoms with Crippen molar-refractivity contribution >= 4 is 53.4 Å². The molecule has 0 aliphatic heterocycles. The highest BCUT2D eigenvalue weighted by atomic mass is 79.9. The number of carbonyl (C=O) groups is 1. The molecular weight excluding hydrogens is 378 g/mol. The average Bonchev–Trinajstić information content (AvgIpc) is 2.17. The van der Waals surface area contributed by atoms with E-state index in [-0.39, 0.29) is 11.4 Å². The maximum Gasteiger partial charge on any atom is 0.336 e. The summed E-state index contributed by atoms with van der Waals surface area (Å²) in [5.74, 6) is -1.36. The van der Waals surface area contributed by atoms with E-state index >= 15 is 0 Å². The Kier molecular flexibility index (Phi) is 4.56. The van der Waals surface area contributed by atoms with Crippen molar-refractivity contribution < 1.29 is 18.3 Å². The summed E-state index contributed by atoms with van der Waals surface area (Å²) in [5.41, 5.74) is 0.456. The Morgan fingerprint density at radius 2 is 2.00 bits per heavy atom. The molecule has 17 heavy (non-hydrogen) atoms. The van der Waals surface area contributed by atoms with Crippen molar-refractivity contribution in [1.82, 2.24) is 0 Å². The highest BCUT2D eigenvalue weighted by Gasteiger charge is 2.14. The monoisotopic (exact) mass is 385 g/mol. The van der Waals surface area contributed by atoms with Crippen LogP contribution in [0.4, 0.5) is 5.69 Å². The predicted molar refractivity (Wildman–Crippen MR) is 72.1 cm³/mol. The lowest BCUT2D eigenvalue weighted by molar-refractivity contribution is 0.0696. The van der Waals surface area contributed by atoms with Crippen LogP contribution in [0.25, 0.3) is 0 Å². The van der Waals surface area contributed by atoms with Crippen molar-refractivity contribution in [2.75, 3.05) is 17.4 Å². The molecule has 0 aliphatic carbocycles. The number of nitrogens with one attached hydrogen (secondary N) is 1. The van der Waals surface area contributed by atoms with Crippen LogP contribution in [0, 0.1) is 0 Å². The van der Waals surface area contributed by atoms with E-state index in [2.05, 4.69) is 37.2 Å². The van der Waals surface area contributed by atoms with E-state index in [4.69, 9.17) is 5.11 Å². The second-order valence-corrected chi connectivity index (χ2v) is 7.22. The van der Waals surface area contributed by atoms with Gasteiger partial charge in [0.05, 0.1) is 15.7 Å². The lowest BCUT2D eigenvalue weighted by Gasteiger charge is -2.10. The fraction of sp³-hybridized carbons (Fsp3) is 0.222. The maximum atomic E-state index is 11.0. The number of aromatic carboxylic acids is 1. The fourth-order valence-corrected chi connectivity index (χ4v) is 2.50. The summed E-state index contributed by atoms with van der Waals surface area (Å²) in [4.78, 5) is 10.9. The van der Waals surface area contributed by atoms with E-state index in [1.807, 2.05) is 0 Å². The number of hydrogen-bond donors (Lipinski definition) is 2. The summed E-state index contributed by atoms with van der Waals surface area (Å²) < 4.78 is 22.9. The Morgan fingerprint density at radius 3 is 2.47 bits per heavy atom.